The Bertz CT molecular complexity index is 607. The van der Waals surface area contributed by atoms with Crippen LogP contribution in [0.3, 0.4) is 0 Å². The third-order valence-corrected chi connectivity index (χ3v) is 4.13. The van der Waals surface area contributed by atoms with Gasteiger partial charge in [-0.05, 0) is 39.2 Å². The summed E-state index contributed by atoms with van der Waals surface area (Å²) in [6.07, 6.45) is 0. The highest BCUT2D eigenvalue weighted by Crippen LogP contribution is 2.37. The smallest absolute Gasteiger partial charge is 0.478 e. The van der Waals surface area contributed by atoms with Gasteiger partial charge in [-0.25, -0.2) is 4.79 Å². The van der Waals surface area contributed by atoms with Crippen molar-refractivity contribution in [3.63, 3.8) is 0 Å². The van der Waals surface area contributed by atoms with Crippen molar-refractivity contribution in [2.75, 3.05) is 5.73 Å². The first kappa shape index (κ1) is 16.2. The summed E-state index contributed by atoms with van der Waals surface area (Å²) in [5.74, 6) is -1.35. The van der Waals surface area contributed by atoms with Crippen molar-refractivity contribution in [2.24, 2.45) is 0 Å². The van der Waals surface area contributed by atoms with Gasteiger partial charge in [0, 0.05) is 6.07 Å². The van der Waals surface area contributed by atoms with Crippen molar-refractivity contribution in [1.29, 1.82) is 0 Å². The van der Waals surface area contributed by atoms with Gasteiger partial charge in [0.05, 0.1) is 21.7 Å². The Labute approximate surface area is 127 Å². The lowest BCUT2D eigenvalue weighted by Gasteiger charge is -2.32. The van der Waals surface area contributed by atoms with Crippen LogP contribution in [0.2, 0.25) is 0 Å². The van der Waals surface area contributed by atoms with Gasteiger partial charge in [-0.3, -0.25) is 10.1 Å². The molecule has 9 heteroatoms. The number of carboxylic acid groups (broad SMARTS) is 1. The largest absolute Gasteiger partial charge is 0.495 e. The molecule has 3 N–H and O–H groups in total. The molecule has 0 aromatic heterocycles. The van der Waals surface area contributed by atoms with E-state index >= 15 is 0 Å². The van der Waals surface area contributed by atoms with Crippen LogP contribution in [0.1, 0.15) is 38.1 Å². The molecule has 1 fully saturated rings. The number of hydrogen-bond acceptors (Lipinski definition) is 6. The second-order valence-electron chi connectivity index (χ2n) is 6.15. The van der Waals surface area contributed by atoms with E-state index in [-0.39, 0.29) is 11.0 Å². The molecule has 1 heterocycles. The quantitative estimate of drug-likeness (QED) is 0.371. The number of anilines is 1. The van der Waals surface area contributed by atoms with E-state index in [1.54, 1.807) is 0 Å². The highest BCUT2D eigenvalue weighted by Gasteiger charge is 2.52. The molecule has 0 saturated carbocycles. The SMILES string of the molecule is CC1(C)OB(c2cc(C(=O)O)c(N)c([N+](=O)[O-])c2)OC1(C)C. The Morgan fingerprint density at radius 1 is 1.27 bits per heavy atom. The Morgan fingerprint density at radius 2 is 1.77 bits per heavy atom. The molecule has 0 spiro atoms. The number of nitrogens with two attached hydrogens (primary N) is 1. The molecule has 1 aliphatic heterocycles. The van der Waals surface area contributed by atoms with Crippen molar-refractivity contribution in [2.45, 2.75) is 38.9 Å². The lowest BCUT2D eigenvalue weighted by atomic mass is 9.77. The standard InChI is InChI=1S/C13H17BN2O6/c1-12(2)13(3,4)22-14(21-12)7-5-8(11(17)18)10(15)9(6-7)16(19)20/h5-6H,15H2,1-4H3,(H,17,18). The average Bonchev–Trinajstić information content (AvgIpc) is 2.57. The van der Waals surface area contributed by atoms with Crippen LogP contribution in [0.5, 0.6) is 0 Å². The van der Waals surface area contributed by atoms with Gasteiger partial charge in [-0.2, -0.15) is 0 Å². The first-order valence-corrected chi connectivity index (χ1v) is 6.63. The highest BCUT2D eigenvalue weighted by atomic mass is 16.7. The lowest BCUT2D eigenvalue weighted by molar-refractivity contribution is -0.383. The maximum atomic E-state index is 11.2. The number of carboxylic acids is 1. The second kappa shape index (κ2) is 4.96. The number of nitro benzene ring substituents is 1. The third kappa shape index (κ3) is 2.53. The summed E-state index contributed by atoms with van der Waals surface area (Å²) in [4.78, 5) is 21.6. The fourth-order valence-electron chi connectivity index (χ4n) is 2.10. The first-order valence-electron chi connectivity index (χ1n) is 6.63. The number of benzene rings is 1. The molecule has 118 valence electrons. The normalized spacial score (nSPS) is 19.2. The zero-order chi connectivity index (χ0) is 16.9. The van der Waals surface area contributed by atoms with E-state index < -0.39 is 40.6 Å². The summed E-state index contributed by atoms with van der Waals surface area (Å²) in [6.45, 7) is 7.32. The molecule has 1 aliphatic rings. The molecule has 0 atom stereocenters. The molecular weight excluding hydrogens is 291 g/mol. The average molecular weight is 308 g/mol. The fraction of sp³-hybridized carbons (Fsp3) is 0.462. The Balaban J connectivity index is 2.54. The van der Waals surface area contributed by atoms with Crippen LogP contribution >= 0.6 is 0 Å². The van der Waals surface area contributed by atoms with E-state index in [0.717, 1.165) is 0 Å². The van der Waals surface area contributed by atoms with Gasteiger partial charge in [0.2, 0.25) is 0 Å². The number of nitro groups is 1. The Kier molecular flexibility index (Phi) is 3.66. The third-order valence-electron chi connectivity index (χ3n) is 4.13. The Morgan fingerprint density at radius 3 is 2.18 bits per heavy atom. The number of aromatic carboxylic acids is 1. The van der Waals surface area contributed by atoms with Crippen LogP contribution in [0, 0.1) is 10.1 Å². The van der Waals surface area contributed by atoms with Crippen LogP contribution in [0.25, 0.3) is 0 Å². The van der Waals surface area contributed by atoms with E-state index in [1.165, 1.54) is 12.1 Å². The lowest BCUT2D eigenvalue weighted by Crippen LogP contribution is -2.41. The number of carbonyl (C=O) groups is 1. The Hall–Kier alpha value is -2.13. The molecule has 22 heavy (non-hydrogen) atoms. The van der Waals surface area contributed by atoms with Crippen LogP contribution in [-0.4, -0.2) is 34.3 Å². The van der Waals surface area contributed by atoms with Crippen molar-refractivity contribution in [3.8, 4) is 0 Å². The minimum absolute atomic E-state index is 0.247. The number of hydrogen-bond donors (Lipinski definition) is 2. The molecule has 0 aliphatic carbocycles. The summed E-state index contributed by atoms with van der Waals surface area (Å²) in [5.41, 5.74) is 3.30. The number of rotatable bonds is 3. The fourth-order valence-corrected chi connectivity index (χ4v) is 2.10. The minimum Gasteiger partial charge on any atom is -0.478 e. The molecule has 0 unspecified atom stereocenters. The maximum Gasteiger partial charge on any atom is 0.495 e. The number of nitrogens with zero attached hydrogens (tertiary/aromatic N) is 1. The molecule has 8 nitrogen and oxygen atoms in total. The maximum absolute atomic E-state index is 11.2. The van der Waals surface area contributed by atoms with Gasteiger partial charge in [0.15, 0.2) is 0 Å². The summed E-state index contributed by atoms with van der Waals surface area (Å²) >= 11 is 0. The van der Waals surface area contributed by atoms with Gasteiger partial charge in [-0.15, -0.1) is 0 Å². The van der Waals surface area contributed by atoms with Crippen LogP contribution in [0.4, 0.5) is 11.4 Å². The van der Waals surface area contributed by atoms with Crippen molar-refractivity contribution >= 4 is 29.9 Å². The topological polar surface area (TPSA) is 125 Å². The molecule has 1 saturated heterocycles. The van der Waals surface area contributed by atoms with E-state index in [2.05, 4.69) is 0 Å². The van der Waals surface area contributed by atoms with E-state index in [4.69, 9.17) is 20.1 Å². The summed E-state index contributed by atoms with van der Waals surface area (Å²) in [5, 5.41) is 20.2. The van der Waals surface area contributed by atoms with E-state index in [1.807, 2.05) is 27.7 Å². The molecular formula is C13H17BN2O6. The predicted molar refractivity (Wildman–Crippen MR) is 80.2 cm³/mol. The van der Waals surface area contributed by atoms with Crippen molar-refractivity contribution < 1.29 is 24.1 Å². The minimum atomic E-state index is -1.35. The van der Waals surface area contributed by atoms with Gasteiger partial charge >= 0.3 is 13.1 Å². The van der Waals surface area contributed by atoms with E-state index in [0.29, 0.717) is 0 Å². The van der Waals surface area contributed by atoms with Gasteiger partial charge < -0.3 is 20.1 Å². The zero-order valence-corrected chi connectivity index (χ0v) is 12.7. The van der Waals surface area contributed by atoms with Crippen molar-refractivity contribution in [1.82, 2.24) is 0 Å². The molecule has 1 aromatic carbocycles. The van der Waals surface area contributed by atoms with Gasteiger partial charge in [-0.1, -0.05) is 0 Å². The first-order chi connectivity index (χ1) is 9.96. The van der Waals surface area contributed by atoms with Crippen LogP contribution in [-0.2, 0) is 9.31 Å². The predicted octanol–water partition coefficient (Wildman–Crippen LogP) is 1.17. The monoisotopic (exact) mass is 308 g/mol. The van der Waals surface area contributed by atoms with Gasteiger partial charge in [0.25, 0.3) is 5.69 Å². The van der Waals surface area contributed by atoms with Gasteiger partial charge in [0.1, 0.15) is 5.69 Å². The highest BCUT2D eigenvalue weighted by molar-refractivity contribution is 6.62. The van der Waals surface area contributed by atoms with E-state index in [9.17, 15) is 14.9 Å². The molecule has 1 aromatic rings. The zero-order valence-electron chi connectivity index (χ0n) is 12.7. The second-order valence-corrected chi connectivity index (χ2v) is 6.15. The van der Waals surface area contributed by atoms with Crippen LogP contribution in [0.15, 0.2) is 12.1 Å². The summed E-state index contributed by atoms with van der Waals surface area (Å²) in [6, 6.07) is 2.43. The molecule has 0 amide bonds. The molecule has 2 rings (SSSR count). The molecule has 0 bridgehead atoms. The van der Waals surface area contributed by atoms with Crippen LogP contribution < -0.4 is 11.2 Å². The van der Waals surface area contributed by atoms with Crippen molar-refractivity contribution in [3.05, 3.63) is 27.8 Å². The summed E-state index contributed by atoms with van der Waals surface area (Å²) in [7, 11) is -0.901. The molecule has 0 radical (unpaired) electrons. The number of nitrogen functional groups attached to an aromatic ring is 1. The summed E-state index contributed by atoms with van der Waals surface area (Å²) < 4.78 is 11.6.